The second kappa shape index (κ2) is 10.5. The molecule has 0 N–H and O–H groups in total. The minimum absolute atomic E-state index is 0.0741. The van der Waals surface area contributed by atoms with E-state index in [-0.39, 0.29) is 12.7 Å². The zero-order valence-electron chi connectivity index (χ0n) is 17.9. The summed E-state index contributed by atoms with van der Waals surface area (Å²) in [6, 6.07) is 15.1. The van der Waals surface area contributed by atoms with Gasteiger partial charge in [-0.1, -0.05) is 41.9 Å². The fraction of sp³-hybridized carbons (Fsp3) is 0.391. The van der Waals surface area contributed by atoms with Crippen molar-refractivity contribution in [2.24, 2.45) is 5.92 Å². The topological polar surface area (TPSA) is 82.4 Å². The summed E-state index contributed by atoms with van der Waals surface area (Å²) in [6.07, 6.45) is 3.91. The number of aromatic nitrogens is 4. The van der Waals surface area contributed by atoms with E-state index in [9.17, 15) is 4.79 Å². The highest BCUT2D eigenvalue weighted by Crippen LogP contribution is 2.26. The molecule has 0 radical (unpaired) electrons. The van der Waals surface area contributed by atoms with Gasteiger partial charge in [0.2, 0.25) is 0 Å². The number of halogens is 1. The summed E-state index contributed by atoms with van der Waals surface area (Å²) in [7, 11) is 1.67. The normalized spacial score (nSPS) is 15.4. The van der Waals surface area contributed by atoms with Gasteiger partial charge in [0.25, 0.3) is 0 Å². The van der Waals surface area contributed by atoms with E-state index in [1.54, 1.807) is 18.1 Å². The van der Waals surface area contributed by atoms with Gasteiger partial charge < -0.3 is 14.4 Å². The molecule has 9 heteroatoms. The van der Waals surface area contributed by atoms with Crippen molar-refractivity contribution in [2.45, 2.75) is 25.3 Å². The summed E-state index contributed by atoms with van der Waals surface area (Å²) in [6.45, 7) is 1.43. The first-order valence-electron chi connectivity index (χ1n) is 10.7. The Kier molecular flexibility index (Phi) is 7.21. The number of likely N-dealkylation sites (tertiary alicyclic amines) is 1. The molecule has 4 rings (SSSR count). The Balaban J connectivity index is 1.30. The van der Waals surface area contributed by atoms with Crippen LogP contribution in [-0.4, -0.2) is 58.0 Å². The first-order valence-corrected chi connectivity index (χ1v) is 11.0. The van der Waals surface area contributed by atoms with Crippen molar-refractivity contribution in [2.75, 3.05) is 26.8 Å². The van der Waals surface area contributed by atoms with Crippen LogP contribution in [0.15, 0.2) is 54.9 Å². The van der Waals surface area contributed by atoms with E-state index >= 15 is 0 Å². The van der Waals surface area contributed by atoms with Gasteiger partial charge >= 0.3 is 6.09 Å². The van der Waals surface area contributed by atoms with Crippen LogP contribution in [0.1, 0.15) is 30.0 Å². The number of benzene rings is 2. The van der Waals surface area contributed by atoms with Gasteiger partial charge in [-0.3, -0.25) is 0 Å². The third kappa shape index (κ3) is 5.37. The third-order valence-electron chi connectivity index (χ3n) is 5.83. The van der Waals surface area contributed by atoms with Gasteiger partial charge in [0.05, 0.1) is 7.11 Å². The lowest BCUT2D eigenvalue weighted by Gasteiger charge is -2.31. The number of tetrazole rings is 1. The highest BCUT2D eigenvalue weighted by molar-refractivity contribution is 6.31. The minimum Gasteiger partial charge on any atom is -0.497 e. The number of amides is 1. The van der Waals surface area contributed by atoms with Crippen LogP contribution in [0, 0.1) is 5.92 Å². The predicted octanol–water partition coefficient (Wildman–Crippen LogP) is 4.02. The van der Waals surface area contributed by atoms with E-state index in [0.717, 1.165) is 30.6 Å². The standard InChI is InChI=1S/C23H26ClN5O3/c1-31-19-8-6-17(7-9-19)14-18-10-12-28(13-11-18)23(30)32-15-22(29-26-16-25-27-29)20-4-2-3-5-21(20)24/h2-9,16,18,22H,10-15H2,1H3. The Bertz CT molecular complexity index is 1000. The molecule has 0 spiro atoms. The van der Waals surface area contributed by atoms with E-state index in [2.05, 4.69) is 27.5 Å². The number of hydrogen-bond acceptors (Lipinski definition) is 6. The number of ether oxygens (including phenoxy) is 2. The molecule has 2 aromatic carbocycles. The Labute approximate surface area is 192 Å². The van der Waals surface area contributed by atoms with E-state index in [4.69, 9.17) is 21.1 Å². The average molecular weight is 456 g/mol. The number of carbonyl (C=O) groups excluding carboxylic acids is 1. The summed E-state index contributed by atoms with van der Waals surface area (Å²) in [5.41, 5.74) is 2.06. The first-order chi connectivity index (χ1) is 15.6. The smallest absolute Gasteiger partial charge is 0.409 e. The maximum Gasteiger partial charge on any atom is 0.409 e. The summed E-state index contributed by atoms with van der Waals surface area (Å²) >= 11 is 6.35. The number of carbonyl (C=O) groups is 1. The number of rotatable bonds is 7. The van der Waals surface area contributed by atoms with Gasteiger partial charge in [-0.2, -0.15) is 4.80 Å². The zero-order valence-corrected chi connectivity index (χ0v) is 18.7. The summed E-state index contributed by atoms with van der Waals surface area (Å²) < 4.78 is 10.9. The summed E-state index contributed by atoms with van der Waals surface area (Å²) in [5, 5.41) is 12.4. The van der Waals surface area contributed by atoms with Crippen molar-refractivity contribution in [3.8, 4) is 5.75 Å². The van der Waals surface area contributed by atoms with E-state index in [0.29, 0.717) is 24.0 Å². The maximum absolute atomic E-state index is 12.7. The van der Waals surface area contributed by atoms with Crippen LogP contribution in [0.5, 0.6) is 5.75 Å². The fourth-order valence-corrected chi connectivity index (χ4v) is 4.26. The van der Waals surface area contributed by atoms with Crippen LogP contribution in [-0.2, 0) is 11.2 Å². The third-order valence-corrected chi connectivity index (χ3v) is 6.17. The van der Waals surface area contributed by atoms with Crippen molar-refractivity contribution < 1.29 is 14.3 Å². The molecular weight excluding hydrogens is 430 g/mol. The molecule has 1 amide bonds. The molecule has 0 bridgehead atoms. The molecule has 1 atom stereocenters. The Hall–Kier alpha value is -3.13. The van der Waals surface area contributed by atoms with Crippen LogP contribution < -0.4 is 4.74 Å². The number of piperidine rings is 1. The molecule has 1 unspecified atom stereocenters. The molecule has 1 aromatic heterocycles. The largest absolute Gasteiger partial charge is 0.497 e. The molecule has 1 saturated heterocycles. The predicted molar refractivity (Wildman–Crippen MR) is 120 cm³/mol. The van der Waals surface area contributed by atoms with Gasteiger partial charge in [0.15, 0.2) is 6.33 Å². The lowest BCUT2D eigenvalue weighted by atomic mass is 9.90. The van der Waals surface area contributed by atoms with Gasteiger partial charge in [-0.15, -0.1) is 10.2 Å². The SMILES string of the molecule is COc1ccc(CC2CCN(C(=O)OCC(c3ccccc3Cl)n3ncnn3)CC2)cc1. The fourth-order valence-electron chi connectivity index (χ4n) is 4.00. The van der Waals surface area contributed by atoms with Gasteiger partial charge in [-0.25, -0.2) is 4.79 Å². The van der Waals surface area contributed by atoms with Gasteiger partial charge in [0.1, 0.15) is 18.4 Å². The Morgan fingerprint density at radius 3 is 2.56 bits per heavy atom. The van der Waals surface area contributed by atoms with Crippen LogP contribution >= 0.6 is 11.6 Å². The lowest BCUT2D eigenvalue weighted by molar-refractivity contribution is 0.0775. The monoisotopic (exact) mass is 455 g/mol. The number of nitrogens with zero attached hydrogens (tertiary/aromatic N) is 5. The second-order valence-corrected chi connectivity index (χ2v) is 8.26. The Morgan fingerprint density at radius 1 is 1.16 bits per heavy atom. The van der Waals surface area contributed by atoms with E-state index < -0.39 is 6.04 Å². The molecule has 3 aromatic rings. The molecular formula is C23H26ClN5O3. The highest BCUT2D eigenvalue weighted by atomic mass is 35.5. The quantitative estimate of drug-likeness (QED) is 0.535. The molecule has 2 heterocycles. The van der Waals surface area contributed by atoms with Gasteiger partial charge in [0, 0.05) is 23.7 Å². The number of hydrogen-bond donors (Lipinski definition) is 0. The molecule has 1 aliphatic rings. The first kappa shape index (κ1) is 22.1. The number of methoxy groups -OCH3 is 1. The minimum atomic E-state index is -0.442. The van der Waals surface area contributed by atoms with Gasteiger partial charge in [-0.05, 0) is 54.2 Å². The molecule has 168 valence electrons. The van der Waals surface area contributed by atoms with Crippen LogP contribution in [0.2, 0.25) is 5.02 Å². The van der Waals surface area contributed by atoms with Crippen molar-refractivity contribution >= 4 is 17.7 Å². The van der Waals surface area contributed by atoms with E-state index in [1.165, 1.54) is 16.7 Å². The second-order valence-electron chi connectivity index (χ2n) is 7.85. The van der Waals surface area contributed by atoms with Crippen molar-refractivity contribution in [1.82, 2.24) is 25.1 Å². The van der Waals surface area contributed by atoms with Crippen LogP contribution in [0.3, 0.4) is 0 Å². The summed E-state index contributed by atoms with van der Waals surface area (Å²) in [4.78, 5) is 15.9. The average Bonchev–Trinajstić information content (AvgIpc) is 3.36. The Morgan fingerprint density at radius 2 is 1.91 bits per heavy atom. The van der Waals surface area contributed by atoms with Crippen LogP contribution in [0.25, 0.3) is 0 Å². The molecule has 32 heavy (non-hydrogen) atoms. The molecule has 8 nitrogen and oxygen atoms in total. The molecule has 1 fully saturated rings. The maximum atomic E-state index is 12.7. The van der Waals surface area contributed by atoms with Crippen molar-refractivity contribution in [3.05, 3.63) is 71.0 Å². The molecule has 0 aliphatic carbocycles. The van der Waals surface area contributed by atoms with Crippen molar-refractivity contribution in [3.63, 3.8) is 0 Å². The zero-order chi connectivity index (χ0) is 22.3. The molecule has 0 saturated carbocycles. The summed E-state index contributed by atoms with van der Waals surface area (Å²) in [5.74, 6) is 1.41. The van der Waals surface area contributed by atoms with Crippen molar-refractivity contribution in [1.29, 1.82) is 0 Å². The molecule has 1 aliphatic heterocycles. The van der Waals surface area contributed by atoms with Crippen LogP contribution in [0.4, 0.5) is 4.79 Å². The van der Waals surface area contributed by atoms with E-state index in [1.807, 2.05) is 30.3 Å². The highest BCUT2D eigenvalue weighted by Gasteiger charge is 2.26. The lowest BCUT2D eigenvalue weighted by Crippen LogP contribution is -2.40.